The zero-order valence-corrected chi connectivity index (χ0v) is 17.8. The highest BCUT2D eigenvalue weighted by Gasteiger charge is 2.06. The van der Waals surface area contributed by atoms with Crippen LogP contribution < -0.4 is 10.6 Å². The van der Waals surface area contributed by atoms with Crippen LogP contribution in [0.2, 0.25) is 5.02 Å². The predicted molar refractivity (Wildman–Crippen MR) is 115 cm³/mol. The minimum Gasteiger partial charge on any atom is -0.361 e. The highest BCUT2D eigenvalue weighted by molar-refractivity contribution is 14.0. The molecule has 0 aliphatic rings. The summed E-state index contributed by atoms with van der Waals surface area (Å²) >= 11 is 6.08. The Morgan fingerprint density at radius 1 is 1.32 bits per heavy atom. The molecule has 0 saturated carbocycles. The summed E-state index contributed by atoms with van der Waals surface area (Å²) in [4.78, 5) is 20.7. The molecule has 0 radical (unpaired) electrons. The number of likely N-dealkylation sites (N-methyl/N-ethyl adjacent to an activating group) is 1. The molecular weight excluding hydrogens is 453 g/mol. The smallest absolute Gasteiger partial charge is 0.243 e. The minimum absolute atomic E-state index is 0. The van der Waals surface area contributed by atoms with Gasteiger partial charge >= 0.3 is 0 Å². The molecule has 25 heavy (non-hydrogen) atoms. The van der Waals surface area contributed by atoms with E-state index < -0.39 is 0 Å². The van der Waals surface area contributed by atoms with Crippen molar-refractivity contribution in [2.24, 2.45) is 4.99 Å². The van der Waals surface area contributed by atoms with Gasteiger partial charge in [0.1, 0.15) is 6.54 Å². The van der Waals surface area contributed by atoms with E-state index in [4.69, 9.17) is 11.6 Å². The lowest BCUT2D eigenvalue weighted by Crippen LogP contribution is -2.39. The molecule has 3 N–H and O–H groups in total. The van der Waals surface area contributed by atoms with Crippen LogP contribution in [0.5, 0.6) is 0 Å². The van der Waals surface area contributed by atoms with Crippen LogP contribution in [0.3, 0.4) is 0 Å². The van der Waals surface area contributed by atoms with Gasteiger partial charge in [0, 0.05) is 49.3 Å². The zero-order valence-electron chi connectivity index (χ0n) is 14.7. The van der Waals surface area contributed by atoms with E-state index in [1.54, 1.807) is 14.1 Å². The lowest BCUT2D eigenvalue weighted by molar-refractivity contribution is -0.127. The summed E-state index contributed by atoms with van der Waals surface area (Å²) in [5, 5.41) is 8.26. The average molecular weight is 478 g/mol. The Morgan fingerprint density at radius 3 is 2.76 bits per heavy atom. The summed E-state index contributed by atoms with van der Waals surface area (Å²) in [7, 11) is 3.45. The third-order valence-corrected chi connectivity index (χ3v) is 3.87. The van der Waals surface area contributed by atoms with E-state index in [-0.39, 0.29) is 36.4 Å². The molecule has 0 unspecified atom stereocenters. The van der Waals surface area contributed by atoms with Gasteiger partial charge in [0.2, 0.25) is 5.91 Å². The molecule has 2 aromatic rings. The van der Waals surface area contributed by atoms with Gasteiger partial charge in [-0.25, -0.2) is 4.99 Å². The Balaban J connectivity index is 0.00000312. The van der Waals surface area contributed by atoms with Crippen LogP contribution in [0.15, 0.2) is 29.4 Å². The molecule has 2 rings (SSSR count). The topological polar surface area (TPSA) is 72.5 Å². The third-order valence-electron chi connectivity index (χ3n) is 3.63. The number of hydrogen-bond acceptors (Lipinski definition) is 2. The van der Waals surface area contributed by atoms with E-state index in [9.17, 15) is 4.79 Å². The summed E-state index contributed by atoms with van der Waals surface area (Å²) in [5.74, 6) is 0.615. The number of guanidine groups is 1. The van der Waals surface area contributed by atoms with Crippen LogP contribution in [0.4, 0.5) is 0 Å². The molecule has 6 nitrogen and oxygen atoms in total. The Labute approximate surface area is 170 Å². The first kappa shape index (κ1) is 21.6. The molecule has 1 aromatic carbocycles. The largest absolute Gasteiger partial charge is 0.361 e. The van der Waals surface area contributed by atoms with Crippen molar-refractivity contribution in [2.45, 2.75) is 13.3 Å². The van der Waals surface area contributed by atoms with Gasteiger partial charge in [0.25, 0.3) is 0 Å². The molecule has 138 valence electrons. The number of H-pyrrole nitrogens is 1. The predicted octanol–water partition coefficient (Wildman–Crippen LogP) is 2.63. The fraction of sp³-hybridized carbons (Fsp3) is 0.412. The Morgan fingerprint density at radius 2 is 2.08 bits per heavy atom. The lowest BCUT2D eigenvalue weighted by Gasteiger charge is -2.12. The Bertz CT molecular complexity index is 729. The fourth-order valence-corrected chi connectivity index (χ4v) is 2.47. The molecule has 0 atom stereocenters. The van der Waals surface area contributed by atoms with Crippen molar-refractivity contribution in [3.63, 3.8) is 0 Å². The molecule has 0 aliphatic carbocycles. The quantitative estimate of drug-likeness (QED) is 0.340. The number of aliphatic imine (C=N–C) groups is 1. The number of aromatic amines is 1. The monoisotopic (exact) mass is 477 g/mol. The number of aromatic nitrogens is 1. The average Bonchev–Trinajstić information content (AvgIpc) is 2.94. The van der Waals surface area contributed by atoms with Crippen LogP contribution in [0.1, 0.15) is 12.5 Å². The van der Waals surface area contributed by atoms with Crippen molar-refractivity contribution in [1.29, 1.82) is 0 Å². The molecule has 0 spiro atoms. The van der Waals surface area contributed by atoms with Crippen molar-refractivity contribution < 1.29 is 4.79 Å². The van der Waals surface area contributed by atoms with Gasteiger partial charge in [-0.05, 0) is 37.1 Å². The van der Waals surface area contributed by atoms with Gasteiger partial charge < -0.3 is 20.5 Å². The molecule has 1 amide bonds. The van der Waals surface area contributed by atoms with E-state index in [2.05, 4.69) is 20.6 Å². The van der Waals surface area contributed by atoms with Crippen LogP contribution in [-0.2, 0) is 11.2 Å². The summed E-state index contributed by atoms with van der Waals surface area (Å²) in [6, 6.07) is 5.82. The van der Waals surface area contributed by atoms with E-state index in [0.29, 0.717) is 12.5 Å². The Kier molecular flexibility index (Phi) is 9.05. The second kappa shape index (κ2) is 10.5. The van der Waals surface area contributed by atoms with Crippen molar-refractivity contribution >= 4 is 58.3 Å². The number of fused-ring (bicyclic) bond motifs is 1. The second-order valence-corrected chi connectivity index (χ2v) is 6.10. The first-order valence-corrected chi connectivity index (χ1v) is 8.37. The lowest BCUT2D eigenvalue weighted by atomic mass is 10.1. The number of amides is 1. The van der Waals surface area contributed by atoms with Crippen molar-refractivity contribution in [2.75, 3.05) is 33.7 Å². The first-order valence-electron chi connectivity index (χ1n) is 7.99. The fourth-order valence-electron chi connectivity index (χ4n) is 2.30. The van der Waals surface area contributed by atoms with Crippen LogP contribution in [0.25, 0.3) is 10.9 Å². The summed E-state index contributed by atoms with van der Waals surface area (Å²) in [6.07, 6.45) is 2.83. The van der Waals surface area contributed by atoms with Gasteiger partial charge in [-0.2, -0.15) is 0 Å². The zero-order chi connectivity index (χ0) is 17.5. The number of carbonyl (C=O) groups excluding carboxylic acids is 1. The molecule has 0 aliphatic heterocycles. The number of benzene rings is 1. The second-order valence-electron chi connectivity index (χ2n) is 5.66. The number of rotatable bonds is 6. The molecule has 0 bridgehead atoms. The van der Waals surface area contributed by atoms with Crippen LogP contribution >= 0.6 is 35.6 Å². The van der Waals surface area contributed by atoms with Gasteiger partial charge in [0.15, 0.2) is 5.96 Å². The van der Waals surface area contributed by atoms with Crippen LogP contribution in [-0.4, -0.2) is 55.5 Å². The minimum atomic E-state index is -0.0292. The highest BCUT2D eigenvalue weighted by atomic mass is 127. The maximum absolute atomic E-state index is 11.6. The maximum Gasteiger partial charge on any atom is 0.243 e. The standard InChI is InChI=1S/C17H24ClN5O.HI/c1-4-19-17(22-11-16(24)23(2)3)20-8-7-12-10-21-15-6-5-13(18)9-14(12)15;/h5-6,9-10,21H,4,7-8,11H2,1-3H3,(H2,19,20,22);1H. The van der Waals surface area contributed by atoms with Gasteiger partial charge in [-0.15, -0.1) is 24.0 Å². The maximum atomic E-state index is 11.6. The summed E-state index contributed by atoms with van der Waals surface area (Å²) in [5.41, 5.74) is 2.27. The number of hydrogen-bond donors (Lipinski definition) is 3. The van der Waals surface area contributed by atoms with E-state index >= 15 is 0 Å². The highest BCUT2D eigenvalue weighted by Crippen LogP contribution is 2.22. The SMILES string of the molecule is CCNC(=NCC(=O)N(C)C)NCCc1c[nH]c2ccc(Cl)cc12.I. The summed E-state index contributed by atoms with van der Waals surface area (Å²) in [6.45, 7) is 3.57. The van der Waals surface area contributed by atoms with E-state index in [1.807, 2.05) is 31.3 Å². The number of carbonyl (C=O) groups is 1. The molecule has 8 heteroatoms. The third kappa shape index (κ3) is 6.39. The summed E-state index contributed by atoms with van der Waals surface area (Å²) < 4.78 is 0. The van der Waals surface area contributed by atoms with Crippen molar-refractivity contribution in [3.8, 4) is 0 Å². The molecule has 1 heterocycles. The molecule has 0 saturated heterocycles. The Hall–Kier alpha value is -1.48. The normalized spacial score (nSPS) is 11.1. The molecule has 1 aromatic heterocycles. The van der Waals surface area contributed by atoms with Crippen molar-refractivity contribution in [1.82, 2.24) is 20.5 Å². The van der Waals surface area contributed by atoms with E-state index in [0.717, 1.165) is 28.9 Å². The van der Waals surface area contributed by atoms with Crippen LogP contribution in [0, 0.1) is 0 Å². The van der Waals surface area contributed by atoms with Gasteiger partial charge in [0.05, 0.1) is 0 Å². The molecule has 0 fully saturated rings. The van der Waals surface area contributed by atoms with E-state index in [1.165, 1.54) is 10.5 Å². The van der Waals surface area contributed by atoms with Gasteiger partial charge in [-0.1, -0.05) is 11.6 Å². The van der Waals surface area contributed by atoms with Gasteiger partial charge in [-0.3, -0.25) is 4.79 Å². The van der Waals surface area contributed by atoms with Crippen molar-refractivity contribution in [3.05, 3.63) is 35.0 Å². The number of nitrogens with one attached hydrogen (secondary N) is 3. The number of nitrogens with zero attached hydrogens (tertiary/aromatic N) is 2. The molecular formula is C17H25ClIN5O. The first-order chi connectivity index (χ1) is 11.5. The number of halogens is 2.